The van der Waals surface area contributed by atoms with Crippen molar-refractivity contribution >= 4 is 5.91 Å². The Morgan fingerprint density at radius 2 is 1.79 bits per heavy atom. The van der Waals surface area contributed by atoms with Crippen molar-refractivity contribution in [3.05, 3.63) is 0 Å². The highest BCUT2D eigenvalue weighted by atomic mass is 16.5. The number of ether oxygens (including phenoxy) is 1. The Balaban J connectivity index is 3.97. The second-order valence-electron chi connectivity index (χ2n) is 7.07. The first-order chi connectivity index (χ1) is 8.39. The Morgan fingerprint density at radius 1 is 1.26 bits per heavy atom. The largest absolute Gasteiger partial charge is 0.389 e. The number of carbonyl (C=O) groups is 1. The minimum absolute atomic E-state index is 0.0426. The summed E-state index contributed by atoms with van der Waals surface area (Å²) in [7, 11) is 1.81. The van der Waals surface area contributed by atoms with Gasteiger partial charge in [-0.15, -0.1) is 0 Å². The maximum absolute atomic E-state index is 11.7. The van der Waals surface area contributed by atoms with Crippen LogP contribution in [0.4, 0.5) is 0 Å². The number of likely N-dealkylation sites (N-methyl/N-ethyl adjacent to an activating group) is 1. The van der Waals surface area contributed by atoms with Gasteiger partial charge in [-0.1, -0.05) is 0 Å². The first-order valence-electron chi connectivity index (χ1n) is 6.70. The molecule has 0 fully saturated rings. The summed E-state index contributed by atoms with van der Waals surface area (Å²) in [6, 6.07) is 0. The molecule has 5 nitrogen and oxygen atoms in total. The summed E-state index contributed by atoms with van der Waals surface area (Å²) in [6.07, 6.45) is -0.591. The van der Waals surface area contributed by atoms with Gasteiger partial charge in [-0.25, -0.2) is 0 Å². The SMILES string of the molecule is CN(CC(=O)NC(C)(C)C)CC(O)COC(C)(C)C. The number of nitrogens with zero attached hydrogens (tertiary/aromatic N) is 1. The third-order valence-electron chi connectivity index (χ3n) is 2.16. The van der Waals surface area contributed by atoms with Crippen LogP contribution < -0.4 is 5.32 Å². The summed E-state index contributed by atoms with van der Waals surface area (Å²) in [5.41, 5.74) is -0.491. The molecule has 114 valence electrons. The van der Waals surface area contributed by atoms with Crippen LogP contribution in [-0.4, -0.2) is 59.9 Å². The fourth-order valence-electron chi connectivity index (χ4n) is 1.53. The number of aliphatic hydroxyl groups is 1. The molecule has 0 aliphatic carbocycles. The lowest BCUT2D eigenvalue weighted by Crippen LogP contribution is -2.46. The molecule has 1 amide bonds. The molecule has 0 bridgehead atoms. The van der Waals surface area contributed by atoms with E-state index in [1.807, 2.05) is 48.6 Å². The summed E-state index contributed by atoms with van der Waals surface area (Å²) >= 11 is 0. The van der Waals surface area contributed by atoms with Crippen molar-refractivity contribution in [1.29, 1.82) is 0 Å². The van der Waals surface area contributed by atoms with Crippen LogP contribution in [0.2, 0.25) is 0 Å². The third-order valence-corrected chi connectivity index (χ3v) is 2.16. The van der Waals surface area contributed by atoms with Crippen LogP contribution in [0.25, 0.3) is 0 Å². The van der Waals surface area contributed by atoms with Crippen LogP contribution in [0.15, 0.2) is 0 Å². The molecule has 0 saturated heterocycles. The lowest BCUT2D eigenvalue weighted by Gasteiger charge is -2.26. The minimum Gasteiger partial charge on any atom is -0.389 e. The average molecular weight is 274 g/mol. The van der Waals surface area contributed by atoms with Gasteiger partial charge in [-0.3, -0.25) is 9.69 Å². The zero-order valence-electron chi connectivity index (χ0n) is 13.4. The molecule has 0 saturated carbocycles. The molecule has 0 aromatic carbocycles. The average Bonchev–Trinajstić information content (AvgIpc) is 2.09. The van der Waals surface area contributed by atoms with E-state index in [0.29, 0.717) is 6.54 Å². The molecule has 2 N–H and O–H groups in total. The van der Waals surface area contributed by atoms with Crippen LogP contribution in [0.3, 0.4) is 0 Å². The summed E-state index contributed by atoms with van der Waals surface area (Å²) in [5, 5.41) is 12.7. The van der Waals surface area contributed by atoms with Crippen molar-refractivity contribution < 1.29 is 14.6 Å². The van der Waals surface area contributed by atoms with E-state index in [1.54, 1.807) is 4.90 Å². The number of hydrogen-bond acceptors (Lipinski definition) is 4. The number of aliphatic hydroxyl groups excluding tert-OH is 1. The van der Waals surface area contributed by atoms with E-state index in [1.165, 1.54) is 0 Å². The van der Waals surface area contributed by atoms with E-state index in [-0.39, 0.29) is 30.2 Å². The molecule has 5 heteroatoms. The Labute approximate surface area is 117 Å². The maximum atomic E-state index is 11.7. The first-order valence-corrected chi connectivity index (χ1v) is 6.70. The number of amides is 1. The van der Waals surface area contributed by atoms with E-state index in [9.17, 15) is 9.90 Å². The van der Waals surface area contributed by atoms with Gasteiger partial charge in [0.05, 0.1) is 24.9 Å². The topological polar surface area (TPSA) is 61.8 Å². The highest BCUT2D eigenvalue weighted by molar-refractivity contribution is 5.78. The zero-order chi connectivity index (χ0) is 15.3. The standard InChI is InChI=1S/C14H30N2O3/c1-13(2,3)15-12(18)9-16(7)8-11(17)10-19-14(4,5)6/h11,17H,8-10H2,1-7H3,(H,15,18). The molecule has 0 heterocycles. The van der Waals surface area contributed by atoms with Gasteiger partial charge in [0.2, 0.25) is 5.91 Å². The van der Waals surface area contributed by atoms with Gasteiger partial charge in [0.1, 0.15) is 0 Å². The predicted molar refractivity (Wildman–Crippen MR) is 77.1 cm³/mol. The molecule has 19 heavy (non-hydrogen) atoms. The second kappa shape index (κ2) is 7.22. The van der Waals surface area contributed by atoms with Gasteiger partial charge >= 0.3 is 0 Å². The molecule has 0 radical (unpaired) electrons. The van der Waals surface area contributed by atoms with Gasteiger partial charge < -0.3 is 15.2 Å². The van der Waals surface area contributed by atoms with Crippen LogP contribution in [0.1, 0.15) is 41.5 Å². The van der Waals surface area contributed by atoms with Gasteiger partial charge in [-0.2, -0.15) is 0 Å². The summed E-state index contributed by atoms with van der Waals surface area (Å²) < 4.78 is 5.50. The van der Waals surface area contributed by atoms with E-state index >= 15 is 0 Å². The molecule has 0 spiro atoms. The van der Waals surface area contributed by atoms with E-state index in [0.717, 1.165) is 0 Å². The van der Waals surface area contributed by atoms with Gasteiger partial charge in [-0.05, 0) is 48.6 Å². The van der Waals surface area contributed by atoms with Crippen molar-refractivity contribution in [1.82, 2.24) is 10.2 Å². The highest BCUT2D eigenvalue weighted by Gasteiger charge is 2.18. The van der Waals surface area contributed by atoms with Crippen molar-refractivity contribution in [2.45, 2.75) is 58.8 Å². The van der Waals surface area contributed by atoms with Crippen molar-refractivity contribution in [3.63, 3.8) is 0 Å². The highest BCUT2D eigenvalue weighted by Crippen LogP contribution is 2.07. The molecule has 1 atom stereocenters. The molecular formula is C14H30N2O3. The molecule has 0 rings (SSSR count). The molecule has 0 aromatic heterocycles. The smallest absolute Gasteiger partial charge is 0.234 e. The van der Waals surface area contributed by atoms with E-state index in [2.05, 4.69) is 5.32 Å². The fourth-order valence-corrected chi connectivity index (χ4v) is 1.53. The monoisotopic (exact) mass is 274 g/mol. The molecule has 0 aromatic rings. The Morgan fingerprint density at radius 3 is 2.21 bits per heavy atom. The molecular weight excluding hydrogens is 244 g/mol. The molecule has 1 unspecified atom stereocenters. The number of rotatable bonds is 6. The Kier molecular flexibility index (Phi) is 6.97. The lowest BCUT2D eigenvalue weighted by molar-refractivity contribution is -0.124. The summed E-state index contributed by atoms with van der Waals surface area (Å²) in [6.45, 7) is 12.6. The first kappa shape index (κ1) is 18.4. The molecule has 0 aliphatic rings. The van der Waals surface area contributed by atoms with Crippen LogP contribution in [0, 0.1) is 0 Å². The number of nitrogens with one attached hydrogen (secondary N) is 1. The second-order valence-corrected chi connectivity index (χ2v) is 7.07. The van der Waals surface area contributed by atoms with Crippen molar-refractivity contribution in [2.24, 2.45) is 0 Å². The number of hydrogen-bond donors (Lipinski definition) is 2. The minimum atomic E-state index is -0.591. The van der Waals surface area contributed by atoms with Crippen LogP contribution in [-0.2, 0) is 9.53 Å². The van der Waals surface area contributed by atoms with E-state index in [4.69, 9.17) is 4.74 Å². The Bertz CT molecular complexity index is 279. The summed E-state index contributed by atoms with van der Waals surface area (Å²) in [5.74, 6) is -0.0426. The quantitative estimate of drug-likeness (QED) is 0.759. The van der Waals surface area contributed by atoms with Gasteiger partial charge in [0, 0.05) is 12.1 Å². The predicted octanol–water partition coefficient (Wildman–Crippen LogP) is 1.01. The number of carbonyl (C=O) groups excluding carboxylic acids is 1. The fraction of sp³-hybridized carbons (Fsp3) is 0.929. The third kappa shape index (κ3) is 12.1. The van der Waals surface area contributed by atoms with E-state index < -0.39 is 6.10 Å². The van der Waals surface area contributed by atoms with Crippen LogP contribution >= 0.6 is 0 Å². The maximum Gasteiger partial charge on any atom is 0.234 e. The lowest BCUT2D eigenvalue weighted by atomic mass is 10.1. The molecule has 0 aliphatic heterocycles. The van der Waals surface area contributed by atoms with Gasteiger partial charge in [0.25, 0.3) is 0 Å². The van der Waals surface area contributed by atoms with Crippen molar-refractivity contribution in [3.8, 4) is 0 Å². The summed E-state index contributed by atoms with van der Waals surface area (Å²) in [4.78, 5) is 13.5. The normalized spacial score (nSPS) is 14.6. The van der Waals surface area contributed by atoms with Crippen molar-refractivity contribution in [2.75, 3.05) is 26.7 Å². The zero-order valence-corrected chi connectivity index (χ0v) is 13.4. The Hall–Kier alpha value is -0.650. The van der Waals surface area contributed by atoms with Gasteiger partial charge in [0.15, 0.2) is 0 Å². The van der Waals surface area contributed by atoms with Crippen LogP contribution in [0.5, 0.6) is 0 Å².